The summed E-state index contributed by atoms with van der Waals surface area (Å²) < 4.78 is 62.1. The van der Waals surface area contributed by atoms with Crippen molar-refractivity contribution >= 4 is 41.3 Å². The SMILES string of the molecule is CCc1cc(Nc2nccn3c(-c4cn(Cc5cccnc5)nc4C(F)(F)F)cnc23)ccc1C(=O)NCCCN(CCCCN(CCCNC(=O)OC(C)(C)C)C(=O)OC(C)(C)C)NC(=O)OC(C)(C)C. The van der Waals surface area contributed by atoms with Crippen molar-refractivity contribution in [2.45, 2.75) is 131 Å². The van der Waals surface area contributed by atoms with Crippen molar-refractivity contribution in [1.29, 1.82) is 0 Å². The molecule has 0 aliphatic carbocycles. The van der Waals surface area contributed by atoms with E-state index in [1.54, 1.807) is 109 Å². The molecule has 4 heterocycles. The fourth-order valence-corrected chi connectivity index (χ4v) is 7.33. The number of hydrogen-bond acceptors (Lipinski definition) is 13. The molecule has 0 aliphatic heterocycles. The van der Waals surface area contributed by atoms with E-state index in [1.807, 2.05) is 13.0 Å². The number of alkyl halides is 3. The summed E-state index contributed by atoms with van der Waals surface area (Å²) in [6.07, 6.45) is 5.07. The molecular weight excluding hydrogens is 938 g/mol. The van der Waals surface area contributed by atoms with Crippen LogP contribution in [-0.4, -0.2) is 119 Å². The van der Waals surface area contributed by atoms with Gasteiger partial charge in [0, 0.05) is 81.5 Å². The Kier molecular flexibility index (Phi) is 19.0. The number of aromatic nitrogens is 6. The molecule has 5 rings (SSSR count). The maximum absolute atomic E-state index is 14.3. The van der Waals surface area contributed by atoms with E-state index in [0.717, 1.165) is 5.56 Å². The van der Waals surface area contributed by atoms with Crippen molar-refractivity contribution in [3.05, 3.63) is 89.9 Å². The quantitative estimate of drug-likeness (QED) is 0.0307. The van der Waals surface area contributed by atoms with Crippen LogP contribution in [0.5, 0.6) is 0 Å². The monoisotopic (exact) mass is 1010 g/mol. The molecule has 0 bridgehead atoms. The van der Waals surface area contributed by atoms with Crippen molar-refractivity contribution in [3.8, 4) is 11.3 Å². The number of nitrogens with zero attached hydrogens (tertiary/aromatic N) is 8. The van der Waals surface area contributed by atoms with E-state index in [1.165, 1.54) is 33.9 Å². The third-order valence-corrected chi connectivity index (χ3v) is 10.4. The molecule has 0 fully saturated rings. The standard InChI is InChI=1S/C50H69F3N12O7/c1-11-35-29-36(59-41-42-58-31-39(65(42)28-23-55-41)38-33-64(60-40(38)50(51,52)53)32-34-17-14-20-54-30-34)18-19-37(35)43(66)56-21-16-27-63(61-45(68)71-48(5,6)7)26-13-12-24-62(46(69)72-49(8,9)10)25-15-22-57-44(67)70-47(2,3)4/h14,17-20,23,28-31,33H,11-13,15-16,21-22,24-27,32H2,1-10H3,(H,55,59)(H,56,66)(H,57,67)(H,61,68). The van der Waals surface area contributed by atoms with Gasteiger partial charge in [-0.1, -0.05) is 13.0 Å². The van der Waals surface area contributed by atoms with Gasteiger partial charge in [-0.3, -0.25) is 24.3 Å². The Bertz CT molecular complexity index is 2600. The number of ether oxygens (including phenoxy) is 3. The lowest BCUT2D eigenvalue weighted by atomic mass is 10.0. The number of hydrogen-bond donors (Lipinski definition) is 4. The lowest BCUT2D eigenvalue weighted by Crippen LogP contribution is -2.46. The van der Waals surface area contributed by atoms with Gasteiger partial charge in [0.05, 0.1) is 24.0 Å². The Morgan fingerprint density at radius 3 is 2.07 bits per heavy atom. The Morgan fingerprint density at radius 2 is 1.40 bits per heavy atom. The van der Waals surface area contributed by atoms with Crippen LogP contribution in [0.2, 0.25) is 0 Å². The summed E-state index contributed by atoms with van der Waals surface area (Å²) in [7, 11) is 0. The fraction of sp³-hybridized carbons (Fsp3) is 0.520. The van der Waals surface area contributed by atoms with Gasteiger partial charge in [0.25, 0.3) is 5.91 Å². The molecule has 0 radical (unpaired) electrons. The summed E-state index contributed by atoms with van der Waals surface area (Å²) in [6.45, 7) is 20.1. The summed E-state index contributed by atoms with van der Waals surface area (Å²) >= 11 is 0. The molecule has 4 N–H and O–H groups in total. The van der Waals surface area contributed by atoms with Crippen LogP contribution in [0.4, 0.5) is 39.1 Å². The zero-order chi connectivity index (χ0) is 52.9. The topological polar surface area (TPSA) is 211 Å². The van der Waals surface area contributed by atoms with Crippen LogP contribution in [-0.2, 0) is 33.4 Å². The minimum absolute atomic E-state index is 0.0880. The van der Waals surface area contributed by atoms with Crippen LogP contribution in [0.1, 0.15) is 122 Å². The van der Waals surface area contributed by atoms with E-state index in [9.17, 15) is 32.3 Å². The highest BCUT2D eigenvalue weighted by Gasteiger charge is 2.38. The van der Waals surface area contributed by atoms with Gasteiger partial charge < -0.3 is 35.1 Å². The second kappa shape index (κ2) is 24.4. The number of aryl methyl sites for hydroxylation is 1. The van der Waals surface area contributed by atoms with Gasteiger partial charge in [0.15, 0.2) is 17.2 Å². The highest BCUT2D eigenvalue weighted by Crippen LogP contribution is 2.37. The minimum Gasteiger partial charge on any atom is -0.444 e. The summed E-state index contributed by atoms with van der Waals surface area (Å²) in [5.41, 5.74) is 2.47. The molecular formula is C50H69F3N12O7. The van der Waals surface area contributed by atoms with Crippen molar-refractivity contribution in [2.24, 2.45) is 0 Å². The number of hydrazine groups is 1. The highest BCUT2D eigenvalue weighted by atomic mass is 19.4. The van der Waals surface area contributed by atoms with Crippen LogP contribution in [0.25, 0.3) is 16.9 Å². The number of carbonyl (C=O) groups is 4. The largest absolute Gasteiger partial charge is 0.444 e. The average molecular weight is 1010 g/mol. The van der Waals surface area contributed by atoms with E-state index in [0.29, 0.717) is 81.6 Å². The lowest BCUT2D eigenvalue weighted by molar-refractivity contribution is -0.141. The zero-order valence-electron chi connectivity index (χ0n) is 42.9. The number of carbonyl (C=O) groups excluding carboxylic acids is 4. The number of alkyl carbamates (subject to hydrolysis) is 1. The highest BCUT2D eigenvalue weighted by molar-refractivity contribution is 5.96. The fourth-order valence-electron chi connectivity index (χ4n) is 7.33. The number of unbranched alkanes of at least 4 members (excludes halogenated alkanes) is 1. The van der Waals surface area contributed by atoms with E-state index in [-0.39, 0.29) is 41.7 Å². The van der Waals surface area contributed by atoms with E-state index < -0.39 is 47.0 Å². The molecule has 0 aliphatic rings. The molecule has 4 aromatic heterocycles. The Balaban J connectivity index is 1.19. The van der Waals surface area contributed by atoms with Crippen molar-refractivity contribution in [1.82, 2.24) is 55.1 Å². The molecule has 5 aromatic rings. The second-order valence-corrected chi connectivity index (χ2v) is 20.1. The summed E-state index contributed by atoms with van der Waals surface area (Å²) in [5, 5.41) is 14.5. The van der Waals surface area contributed by atoms with Gasteiger partial charge in [-0.15, -0.1) is 0 Å². The van der Waals surface area contributed by atoms with Crippen molar-refractivity contribution < 1.29 is 46.6 Å². The van der Waals surface area contributed by atoms with Gasteiger partial charge in [-0.05, 0) is 130 Å². The first-order chi connectivity index (χ1) is 33.8. The molecule has 0 saturated heterocycles. The number of fused-ring (bicyclic) bond motifs is 1. The number of pyridine rings is 1. The predicted molar refractivity (Wildman–Crippen MR) is 265 cm³/mol. The smallest absolute Gasteiger partial charge is 0.435 e. The number of amides is 4. The van der Waals surface area contributed by atoms with Crippen molar-refractivity contribution in [2.75, 3.05) is 44.6 Å². The molecule has 19 nitrogen and oxygen atoms in total. The van der Waals surface area contributed by atoms with Gasteiger partial charge in [0.1, 0.15) is 16.8 Å². The maximum atomic E-state index is 14.3. The number of nitrogens with one attached hydrogen (secondary N) is 4. The first-order valence-corrected chi connectivity index (χ1v) is 24.0. The van der Waals surface area contributed by atoms with Gasteiger partial charge >= 0.3 is 24.5 Å². The predicted octanol–water partition coefficient (Wildman–Crippen LogP) is 9.15. The third kappa shape index (κ3) is 17.7. The molecule has 0 saturated carbocycles. The number of imidazole rings is 1. The molecule has 392 valence electrons. The minimum atomic E-state index is -4.73. The molecule has 72 heavy (non-hydrogen) atoms. The first-order valence-electron chi connectivity index (χ1n) is 24.0. The normalized spacial score (nSPS) is 12.1. The van der Waals surface area contributed by atoms with Crippen LogP contribution in [0.15, 0.2) is 67.5 Å². The number of rotatable bonds is 21. The maximum Gasteiger partial charge on any atom is 0.435 e. The Hall–Kier alpha value is -6.97. The summed E-state index contributed by atoms with van der Waals surface area (Å²) in [4.78, 5) is 66.2. The first kappa shape index (κ1) is 56.0. The summed E-state index contributed by atoms with van der Waals surface area (Å²) in [5.74, 6) is -0.00911. The number of halogens is 3. The third-order valence-electron chi connectivity index (χ3n) is 10.4. The molecule has 0 unspecified atom stereocenters. The van der Waals surface area contributed by atoms with Crippen LogP contribution >= 0.6 is 0 Å². The summed E-state index contributed by atoms with van der Waals surface area (Å²) in [6, 6.07) is 8.67. The Labute approximate surface area is 418 Å². The molecule has 1 aromatic carbocycles. The Morgan fingerprint density at radius 1 is 0.750 bits per heavy atom. The number of benzene rings is 1. The molecule has 22 heteroatoms. The molecule has 0 spiro atoms. The van der Waals surface area contributed by atoms with Crippen LogP contribution < -0.4 is 21.4 Å². The average Bonchev–Trinajstić information content (AvgIpc) is 3.91. The zero-order valence-corrected chi connectivity index (χ0v) is 42.9. The molecule has 4 amide bonds. The van der Waals surface area contributed by atoms with Gasteiger partial charge in [-0.2, -0.15) is 18.3 Å². The van der Waals surface area contributed by atoms with Crippen LogP contribution in [0, 0.1) is 0 Å². The van der Waals surface area contributed by atoms with Gasteiger partial charge in [-0.25, -0.2) is 29.4 Å². The lowest BCUT2D eigenvalue weighted by Gasteiger charge is -2.28. The van der Waals surface area contributed by atoms with E-state index in [4.69, 9.17) is 14.2 Å². The van der Waals surface area contributed by atoms with E-state index in [2.05, 4.69) is 41.4 Å². The van der Waals surface area contributed by atoms with Crippen LogP contribution in [0.3, 0.4) is 0 Å². The van der Waals surface area contributed by atoms with Gasteiger partial charge in [0.2, 0.25) is 0 Å². The van der Waals surface area contributed by atoms with E-state index >= 15 is 0 Å². The number of anilines is 2. The van der Waals surface area contributed by atoms with Crippen molar-refractivity contribution in [3.63, 3.8) is 0 Å². The molecule has 0 atom stereocenters. The second-order valence-electron chi connectivity index (χ2n) is 20.1.